The van der Waals surface area contributed by atoms with E-state index in [2.05, 4.69) is 0 Å². The number of fused-ring (bicyclic) bond motifs is 1. The standard InChI is InChI=1S/C14H20N2O5S/c1-5-22(19,20)15(4)12-9-14(2,3)21-13-7-6-10(16(17)18)8-11(12)13/h6-8,12H,5,9H2,1-4H3. The fourth-order valence-corrected chi connectivity index (χ4v) is 3.62. The second kappa shape index (κ2) is 5.51. The van der Waals surface area contributed by atoms with Crippen molar-refractivity contribution in [1.82, 2.24) is 4.31 Å². The van der Waals surface area contributed by atoms with Crippen molar-refractivity contribution in [2.75, 3.05) is 12.8 Å². The Balaban J connectivity index is 2.56. The van der Waals surface area contributed by atoms with E-state index in [-0.39, 0.29) is 11.4 Å². The van der Waals surface area contributed by atoms with Gasteiger partial charge >= 0.3 is 0 Å². The van der Waals surface area contributed by atoms with Crippen molar-refractivity contribution in [2.24, 2.45) is 0 Å². The number of nitrogens with zero attached hydrogens (tertiary/aromatic N) is 2. The van der Waals surface area contributed by atoms with Gasteiger partial charge in [-0.15, -0.1) is 0 Å². The first-order valence-electron chi connectivity index (χ1n) is 7.00. The highest BCUT2D eigenvalue weighted by Crippen LogP contribution is 2.44. The highest BCUT2D eigenvalue weighted by atomic mass is 32.2. The predicted molar refractivity (Wildman–Crippen MR) is 82.4 cm³/mol. The molecule has 1 aromatic carbocycles. The van der Waals surface area contributed by atoms with Gasteiger partial charge in [-0.3, -0.25) is 10.1 Å². The molecular weight excluding hydrogens is 308 g/mol. The molecule has 122 valence electrons. The molecule has 0 amide bonds. The molecule has 0 aromatic heterocycles. The average Bonchev–Trinajstić information content (AvgIpc) is 2.44. The SMILES string of the molecule is CCS(=O)(=O)N(C)C1CC(C)(C)Oc2ccc([N+](=O)[O-])cc21. The van der Waals surface area contributed by atoms with Crippen molar-refractivity contribution in [3.8, 4) is 5.75 Å². The van der Waals surface area contributed by atoms with Crippen molar-refractivity contribution in [3.63, 3.8) is 0 Å². The molecule has 0 saturated heterocycles. The van der Waals surface area contributed by atoms with E-state index in [1.807, 2.05) is 13.8 Å². The monoisotopic (exact) mass is 328 g/mol. The number of ether oxygens (including phenoxy) is 1. The maximum atomic E-state index is 12.2. The highest BCUT2D eigenvalue weighted by Gasteiger charge is 2.39. The Morgan fingerprint density at radius 1 is 1.45 bits per heavy atom. The summed E-state index contributed by atoms with van der Waals surface area (Å²) in [6.07, 6.45) is 0.427. The lowest BCUT2D eigenvalue weighted by molar-refractivity contribution is -0.385. The van der Waals surface area contributed by atoms with Gasteiger partial charge in [0.05, 0.1) is 16.7 Å². The molecule has 1 unspecified atom stereocenters. The first-order chi connectivity index (χ1) is 10.1. The molecule has 8 heteroatoms. The topological polar surface area (TPSA) is 89.8 Å². The summed E-state index contributed by atoms with van der Waals surface area (Å²) in [6, 6.07) is 3.82. The van der Waals surface area contributed by atoms with Gasteiger partial charge in [0.1, 0.15) is 11.4 Å². The highest BCUT2D eigenvalue weighted by molar-refractivity contribution is 7.89. The molecule has 0 N–H and O–H groups in total. The van der Waals surface area contributed by atoms with E-state index >= 15 is 0 Å². The van der Waals surface area contributed by atoms with Crippen molar-refractivity contribution >= 4 is 15.7 Å². The summed E-state index contributed by atoms with van der Waals surface area (Å²) in [4.78, 5) is 10.5. The van der Waals surface area contributed by atoms with Crippen LogP contribution in [0.5, 0.6) is 5.75 Å². The second-order valence-electron chi connectivity index (χ2n) is 5.98. The Kier molecular flexibility index (Phi) is 4.18. The van der Waals surface area contributed by atoms with Crippen LogP contribution in [0.25, 0.3) is 0 Å². The van der Waals surface area contributed by atoms with E-state index < -0.39 is 26.6 Å². The molecule has 0 aliphatic carbocycles. The maximum absolute atomic E-state index is 12.2. The van der Waals surface area contributed by atoms with E-state index in [0.717, 1.165) is 0 Å². The van der Waals surface area contributed by atoms with Crippen LogP contribution in [0.1, 0.15) is 38.8 Å². The van der Waals surface area contributed by atoms with E-state index in [4.69, 9.17) is 4.74 Å². The van der Waals surface area contributed by atoms with Crippen LogP contribution in [-0.2, 0) is 10.0 Å². The number of hydrogen-bond donors (Lipinski definition) is 0. The third-order valence-corrected chi connectivity index (χ3v) is 5.74. The van der Waals surface area contributed by atoms with Crippen LogP contribution < -0.4 is 4.74 Å². The van der Waals surface area contributed by atoms with Gasteiger partial charge in [-0.25, -0.2) is 8.42 Å². The van der Waals surface area contributed by atoms with Crippen LogP contribution in [0.2, 0.25) is 0 Å². The van der Waals surface area contributed by atoms with E-state index in [9.17, 15) is 18.5 Å². The minimum absolute atomic E-state index is 0.0223. The number of benzene rings is 1. The summed E-state index contributed by atoms with van der Waals surface area (Å²) in [5.41, 5.74) is -0.0897. The number of rotatable bonds is 4. The quantitative estimate of drug-likeness (QED) is 0.625. The smallest absolute Gasteiger partial charge is 0.270 e. The zero-order valence-electron chi connectivity index (χ0n) is 13.1. The number of nitro groups is 1. The molecule has 1 atom stereocenters. The van der Waals surface area contributed by atoms with E-state index in [1.165, 1.54) is 29.6 Å². The van der Waals surface area contributed by atoms with Crippen LogP contribution in [0.15, 0.2) is 18.2 Å². The van der Waals surface area contributed by atoms with Gasteiger partial charge in [0.25, 0.3) is 5.69 Å². The molecule has 1 heterocycles. The van der Waals surface area contributed by atoms with Gasteiger partial charge in [0.2, 0.25) is 10.0 Å². The molecule has 1 aromatic rings. The first kappa shape index (κ1) is 16.7. The molecule has 1 aliphatic rings. The molecule has 0 bridgehead atoms. The lowest BCUT2D eigenvalue weighted by atomic mass is 9.89. The number of non-ortho nitro benzene ring substituents is 1. The van der Waals surface area contributed by atoms with Gasteiger partial charge in [-0.2, -0.15) is 4.31 Å². The predicted octanol–water partition coefficient (Wildman–Crippen LogP) is 2.48. The second-order valence-corrected chi connectivity index (χ2v) is 8.29. The van der Waals surface area contributed by atoms with E-state index in [0.29, 0.717) is 17.7 Å². The lowest BCUT2D eigenvalue weighted by Gasteiger charge is -2.40. The van der Waals surface area contributed by atoms with Gasteiger partial charge < -0.3 is 4.74 Å². The van der Waals surface area contributed by atoms with Crippen molar-refractivity contribution < 1.29 is 18.1 Å². The van der Waals surface area contributed by atoms with Crippen molar-refractivity contribution in [1.29, 1.82) is 0 Å². The van der Waals surface area contributed by atoms with Crippen molar-refractivity contribution in [3.05, 3.63) is 33.9 Å². The normalized spacial score (nSPS) is 20.3. The minimum atomic E-state index is -3.42. The average molecular weight is 328 g/mol. The Bertz CT molecular complexity index is 699. The van der Waals surface area contributed by atoms with Crippen LogP contribution in [0.4, 0.5) is 5.69 Å². The van der Waals surface area contributed by atoms with E-state index in [1.54, 1.807) is 6.92 Å². The fraction of sp³-hybridized carbons (Fsp3) is 0.571. The van der Waals surface area contributed by atoms with Crippen LogP contribution in [0.3, 0.4) is 0 Å². The van der Waals surface area contributed by atoms with Crippen LogP contribution >= 0.6 is 0 Å². The zero-order chi connectivity index (χ0) is 16.7. The number of nitro benzene ring substituents is 1. The van der Waals surface area contributed by atoms with Crippen LogP contribution in [-0.4, -0.2) is 36.0 Å². The largest absolute Gasteiger partial charge is 0.487 e. The van der Waals surface area contributed by atoms with Gasteiger partial charge in [-0.1, -0.05) is 0 Å². The summed E-state index contributed by atoms with van der Waals surface area (Å²) in [7, 11) is -1.91. The number of sulfonamides is 1. The summed E-state index contributed by atoms with van der Waals surface area (Å²) >= 11 is 0. The van der Waals surface area contributed by atoms with Crippen LogP contribution in [0, 0.1) is 10.1 Å². The summed E-state index contributed by atoms with van der Waals surface area (Å²) in [5, 5.41) is 11.0. The lowest BCUT2D eigenvalue weighted by Crippen LogP contribution is -2.42. The molecule has 0 spiro atoms. The Hall–Kier alpha value is -1.67. The summed E-state index contributed by atoms with van der Waals surface area (Å²) in [6.45, 7) is 5.32. The summed E-state index contributed by atoms with van der Waals surface area (Å²) in [5.74, 6) is 0.468. The third-order valence-electron chi connectivity index (χ3n) is 3.88. The molecule has 0 saturated carbocycles. The molecular formula is C14H20N2O5S. The Labute approximate surface area is 130 Å². The first-order valence-corrected chi connectivity index (χ1v) is 8.61. The molecule has 1 aliphatic heterocycles. The Morgan fingerprint density at radius 2 is 2.09 bits per heavy atom. The molecule has 7 nitrogen and oxygen atoms in total. The molecule has 22 heavy (non-hydrogen) atoms. The van der Waals surface area contributed by atoms with Gasteiger partial charge in [0, 0.05) is 31.2 Å². The van der Waals surface area contributed by atoms with Gasteiger partial charge in [-0.05, 0) is 26.8 Å². The van der Waals surface area contributed by atoms with Gasteiger partial charge in [0.15, 0.2) is 0 Å². The number of hydrogen-bond acceptors (Lipinski definition) is 5. The Morgan fingerprint density at radius 3 is 2.64 bits per heavy atom. The summed E-state index contributed by atoms with van der Waals surface area (Å²) < 4.78 is 31.5. The fourth-order valence-electron chi connectivity index (χ4n) is 2.64. The minimum Gasteiger partial charge on any atom is -0.487 e. The third kappa shape index (κ3) is 3.07. The molecule has 0 fully saturated rings. The zero-order valence-corrected chi connectivity index (χ0v) is 13.9. The maximum Gasteiger partial charge on any atom is 0.270 e. The molecule has 2 rings (SSSR count). The van der Waals surface area contributed by atoms with Crippen molar-refractivity contribution in [2.45, 2.75) is 38.8 Å². The molecule has 0 radical (unpaired) electrons.